The van der Waals surface area contributed by atoms with Crippen LogP contribution in [0.15, 0.2) is 48.6 Å². The first-order chi connectivity index (χ1) is 37.0. The van der Waals surface area contributed by atoms with Gasteiger partial charge in [-0.05, 0) is 83.5 Å². The summed E-state index contributed by atoms with van der Waals surface area (Å²) in [6.07, 6.45) is 79.7. The first-order valence-electron chi connectivity index (χ1n) is 33.1. The molecule has 75 heavy (non-hydrogen) atoms. The van der Waals surface area contributed by atoms with E-state index in [2.05, 4.69) is 69.4 Å². The van der Waals surface area contributed by atoms with E-state index in [1.165, 1.54) is 244 Å². The topological polar surface area (TPSA) is 78.9 Å². The Morgan fingerprint density at radius 1 is 0.267 bits per heavy atom. The minimum Gasteiger partial charge on any atom is -0.462 e. The molecule has 0 saturated heterocycles. The number of allylic oxidation sites excluding steroid dienone is 8. The maximum Gasteiger partial charge on any atom is 0.306 e. The lowest BCUT2D eigenvalue weighted by Gasteiger charge is -2.18. The van der Waals surface area contributed by atoms with Crippen LogP contribution in [0.4, 0.5) is 0 Å². The molecule has 0 aromatic carbocycles. The fraction of sp³-hybridized carbons (Fsp3) is 0.841. The van der Waals surface area contributed by atoms with Crippen molar-refractivity contribution in [2.75, 3.05) is 13.2 Å². The lowest BCUT2D eigenvalue weighted by Crippen LogP contribution is -2.30. The Hall–Kier alpha value is -2.63. The molecule has 0 rings (SSSR count). The van der Waals surface area contributed by atoms with Crippen LogP contribution >= 0.6 is 0 Å². The van der Waals surface area contributed by atoms with Gasteiger partial charge in [0, 0.05) is 19.3 Å². The van der Waals surface area contributed by atoms with E-state index in [1.807, 2.05) is 0 Å². The second kappa shape index (κ2) is 63.9. The number of rotatable bonds is 61. The fourth-order valence-corrected chi connectivity index (χ4v) is 9.80. The van der Waals surface area contributed by atoms with E-state index in [9.17, 15) is 14.4 Å². The molecule has 0 fully saturated rings. The SMILES string of the molecule is CCCCC/C=C\C/C=C\CCCCCCCCCCCC(=O)OC(COC(=O)CCCCCCCCCCCCCCC)COC(=O)CCCCCCCCCCCCCCC/C=C\C/C=C\CCCCCCC. The first-order valence-corrected chi connectivity index (χ1v) is 33.1. The quantitative estimate of drug-likeness (QED) is 0.0261. The van der Waals surface area contributed by atoms with Crippen LogP contribution in [0, 0.1) is 0 Å². The molecule has 0 amide bonds. The minimum atomic E-state index is -0.774. The van der Waals surface area contributed by atoms with E-state index in [4.69, 9.17) is 14.2 Å². The molecule has 0 aromatic heterocycles. The number of carbonyl (C=O) groups is 3. The van der Waals surface area contributed by atoms with Crippen molar-refractivity contribution in [1.29, 1.82) is 0 Å². The van der Waals surface area contributed by atoms with Crippen molar-refractivity contribution >= 4 is 17.9 Å². The highest BCUT2D eigenvalue weighted by atomic mass is 16.6. The van der Waals surface area contributed by atoms with Crippen LogP contribution in [-0.2, 0) is 28.6 Å². The van der Waals surface area contributed by atoms with Gasteiger partial charge in [-0.2, -0.15) is 0 Å². The molecule has 0 radical (unpaired) electrons. The number of hydrogen-bond acceptors (Lipinski definition) is 6. The van der Waals surface area contributed by atoms with E-state index in [0.29, 0.717) is 19.3 Å². The fourth-order valence-electron chi connectivity index (χ4n) is 9.80. The normalized spacial score (nSPS) is 12.3. The first kappa shape index (κ1) is 72.4. The van der Waals surface area contributed by atoms with Gasteiger partial charge in [0.15, 0.2) is 6.10 Å². The van der Waals surface area contributed by atoms with Crippen molar-refractivity contribution in [3.8, 4) is 0 Å². The van der Waals surface area contributed by atoms with Gasteiger partial charge < -0.3 is 14.2 Å². The van der Waals surface area contributed by atoms with E-state index >= 15 is 0 Å². The average Bonchev–Trinajstić information content (AvgIpc) is 3.41. The number of ether oxygens (including phenoxy) is 3. The van der Waals surface area contributed by atoms with E-state index in [1.54, 1.807) is 0 Å². The Morgan fingerprint density at radius 2 is 0.480 bits per heavy atom. The predicted molar refractivity (Wildman–Crippen MR) is 325 cm³/mol. The Labute approximate surface area is 467 Å². The number of esters is 3. The standard InChI is InChI=1S/C69H126O6/c1-4-7-10-13-16-19-22-25-27-29-31-32-33-34-35-36-38-39-41-44-47-50-53-56-59-62-68(71)74-65-66(64-73-67(70)61-58-55-52-49-46-43-24-21-18-15-12-9-6-3)75-69(72)63-60-57-54-51-48-45-42-40-37-30-28-26-23-20-17-14-11-8-5-2/h17,20,22,25-26,28-29,31,66H,4-16,18-19,21,23-24,27,30,32-65H2,1-3H3/b20-17-,25-22-,28-26-,31-29-. The summed E-state index contributed by atoms with van der Waals surface area (Å²) in [5.41, 5.74) is 0. The Balaban J connectivity index is 4.26. The molecule has 438 valence electrons. The lowest BCUT2D eigenvalue weighted by molar-refractivity contribution is -0.167. The van der Waals surface area contributed by atoms with Gasteiger partial charge in [-0.3, -0.25) is 14.4 Å². The van der Waals surface area contributed by atoms with Crippen molar-refractivity contribution in [2.45, 2.75) is 361 Å². The third-order valence-corrected chi connectivity index (χ3v) is 14.8. The second-order valence-corrected chi connectivity index (χ2v) is 22.4. The molecule has 0 aliphatic carbocycles. The molecule has 0 spiro atoms. The number of unbranched alkanes of at least 4 members (excludes halogenated alkanes) is 42. The van der Waals surface area contributed by atoms with E-state index in [-0.39, 0.29) is 31.1 Å². The molecule has 0 bridgehead atoms. The molecule has 0 N–H and O–H groups in total. The van der Waals surface area contributed by atoms with Crippen molar-refractivity contribution in [1.82, 2.24) is 0 Å². The van der Waals surface area contributed by atoms with Crippen LogP contribution in [-0.4, -0.2) is 37.2 Å². The summed E-state index contributed by atoms with van der Waals surface area (Å²) in [6.45, 7) is 6.65. The van der Waals surface area contributed by atoms with Gasteiger partial charge in [0.05, 0.1) is 0 Å². The largest absolute Gasteiger partial charge is 0.462 e. The zero-order chi connectivity index (χ0) is 54.3. The monoisotopic (exact) mass is 1050 g/mol. The highest BCUT2D eigenvalue weighted by Crippen LogP contribution is 2.17. The zero-order valence-corrected chi connectivity index (χ0v) is 50.3. The predicted octanol–water partition coefficient (Wildman–Crippen LogP) is 22.6. The Morgan fingerprint density at radius 3 is 0.760 bits per heavy atom. The van der Waals surface area contributed by atoms with Crippen LogP contribution in [0.25, 0.3) is 0 Å². The van der Waals surface area contributed by atoms with Gasteiger partial charge in [0.2, 0.25) is 0 Å². The van der Waals surface area contributed by atoms with Crippen LogP contribution in [0.1, 0.15) is 355 Å². The van der Waals surface area contributed by atoms with Gasteiger partial charge >= 0.3 is 17.9 Å². The lowest BCUT2D eigenvalue weighted by atomic mass is 10.0. The summed E-state index contributed by atoms with van der Waals surface area (Å²) in [5, 5.41) is 0. The highest BCUT2D eigenvalue weighted by molar-refractivity contribution is 5.71. The van der Waals surface area contributed by atoms with Crippen molar-refractivity contribution in [2.24, 2.45) is 0 Å². The van der Waals surface area contributed by atoms with Gasteiger partial charge in [-0.25, -0.2) is 0 Å². The maximum absolute atomic E-state index is 12.9. The highest BCUT2D eigenvalue weighted by Gasteiger charge is 2.19. The molecule has 0 aliphatic rings. The molecule has 0 saturated carbocycles. The van der Waals surface area contributed by atoms with Crippen molar-refractivity contribution in [3.05, 3.63) is 48.6 Å². The molecule has 1 unspecified atom stereocenters. The third-order valence-electron chi connectivity index (χ3n) is 14.8. The maximum atomic E-state index is 12.9. The van der Waals surface area contributed by atoms with Crippen LogP contribution in [0.5, 0.6) is 0 Å². The summed E-state index contributed by atoms with van der Waals surface area (Å²) in [4.78, 5) is 38.3. The number of hydrogen-bond donors (Lipinski definition) is 0. The Bertz CT molecular complexity index is 1300. The second-order valence-electron chi connectivity index (χ2n) is 22.4. The van der Waals surface area contributed by atoms with Crippen LogP contribution in [0.3, 0.4) is 0 Å². The molecule has 0 aliphatic heterocycles. The molecule has 0 heterocycles. The zero-order valence-electron chi connectivity index (χ0n) is 50.3. The van der Waals surface area contributed by atoms with Crippen molar-refractivity contribution in [3.63, 3.8) is 0 Å². The Kier molecular flexibility index (Phi) is 61.7. The van der Waals surface area contributed by atoms with E-state index in [0.717, 1.165) is 70.6 Å². The van der Waals surface area contributed by atoms with Gasteiger partial charge in [-0.15, -0.1) is 0 Å². The molecule has 6 heteroatoms. The van der Waals surface area contributed by atoms with Gasteiger partial charge in [0.1, 0.15) is 13.2 Å². The smallest absolute Gasteiger partial charge is 0.306 e. The minimum absolute atomic E-state index is 0.0707. The van der Waals surface area contributed by atoms with Crippen LogP contribution in [0.2, 0.25) is 0 Å². The number of carbonyl (C=O) groups excluding carboxylic acids is 3. The van der Waals surface area contributed by atoms with E-state index < -0.39 is 6.10 Å². The molecular formula is C69H126O6. The average molecular weight is 1050 g/mol. The molecule has 0 aromatic rings. The third kappa shape index (κ3) is 62.1. The van der Waals surface area contributed by atoms with Gasteiger partial charge in [-0.1, -0.05) is 301 Å². The summed E-state index contributed by atoms with van der Waals surface area (Å²) < 4.78 is 17.0. The van der Waals surface area contributed by atoms with Gasteiger partial charge in [0.25, 0.3) is 0 Å². The van der Waals surface area contributed by atoms with Crippen LogP contribution < -0.4 is 0 Å². The molecule has 1 atom stereocenters. The summed E-state index contributed by atoms with van der Waals surface area (Å²) >= 11 is 0. The summed E-state index contributed by atoms with van der Waals surface area (Å²) in [5.74, 6) is -0.853. The van der Waals surface area contributed by atoms with Crippen molar-refractivity contribution < 1.29 is 28.6 Å². The summed E-state index contributed by atoms with van der Waals surface area (Å²) in [7, 11) is 0. The molecular weight excluding hydrogens is 925 g/mol. The summed E-state index contributed by atoms with van der Waals surface area (Å²) in [6, 6.07) is 0. The molecule has 6 nitrogen and oxygen atoms in total.